The van der Waals surface area contributed by atoms with Crippen molar-refractivity contribution in [2.24, 2.45) is 26.2 Å². The second-order valence-electron chi connectivity index (χ2n) is 9.54. The molecule has 0 N–H and O–H groups in total. The lowest BCUT2D eigenvalue weighted by molar-refractivity contribution is 0.208. The topological polar surface area (TPSA) is 43.2 Å². The quantitative estimate of drug-likeness (QED) is 0.764. The highest BCUT2D eigenvalue weighted by Crippen LogP contribution is 2.46. The third-order valence-electron chi connectivity index (χ3n) is 5.58. The summed E-state index contributed by atoms with van der Waals surface area (Å²) in [5, 5.41) is 0. The van der Waals surface area contributed by atoms with Crippen LogP contribution in [0.5, 0.6) is 0 Å². The monoisotopic (exact) mass is 320 g/mol. The van der Waals surface area contributed by atoms with Gasteiger partial charge in [0.25, 0.3) is 0 Å². The first-order valence-corrected chi connectivity index (χ1v) is 9.05. The van der Waals surface area contributed by atoms with Crippen LogP contribution in [0, 0.1) is 16.2 Å². The molecule has 1 saturated carbocycles. The molecule has 4 heteroatoms. The fourth-order valence-electron chi connectivity index (χ4n) is 3.66. The van der Waals surface area contributed by atoms with Crippen molar-refractivity contribution in [1.29, 1.82) is 0 Å². The number of rotatable bonds is 2. The van der Waals surface area contributed by atoms with Crippen molar-refractivity contribution in [3.8, 4) is 0 Å². The molecule has 0 saturated heterocycles. The lowest BCUT2D eigenvalue weighted by Gasteiger charge is -2.27. The molecule has 0 unspecified atom stereocenters. The minimum absolute atomic E-state index is 0.133. The Balaban J connectivity index is 1.90. The van der Waals surface area contributed by atoms with Crippen LogP contribution in [-0.2, 0) is 9.47 Å². The zero-order chi connectivity index (χ0) is 16.9. The predicted octanol–water partition coefficient (Wildman–Crippen LogP) is 4.23. The third-order valence-corrected chi connectivity index (χ3v) is 5.58. The Morgan fingerprint density at radius 2 is 1.17 bits per heavy atom. The average molecular weight is 320 g/mol. The Morgan fingerprint density at radius 3 is 1.48 bits per heavy atom. The smallest absolute Gasteiger partial charge is 0.199 e. The molecule has 0 bridgehead atoms. The van der Waals surface area contributed by atoms with Gasteiger partial charge in [-0.15, -0.1) is 0 Å². The molecule has 3 aliphatic rings. The first kappa shape index (κ1) is 16.8. The van der Waals surface area contributed by atoms with Gasteiger partial charge in [-0.2, -0.15) is 0 Å². The van der Waals surface area contributed by atoms with Gasteiger partial charge in [-0.1, -0.05) is 54.4 Å². The Labute approximate surface area is 140 Å². The zero-order valence-corrected chi connectivity index (χ0v) is 15.6. The summed E-state index contributed by atoms with van der Waals surface area (Å²) < 4.78 is 12.2. The van der Waals surface area contributed by atoms with Crippen LogP contribution >= 0.6 is 0 Å². The molecule has 0 aromatic carbocycles. The van der Waals surface area contributed by atoms with E-state index in [-0.39, 0.29) is 28.3 Å². The van der Waals surface area contributed by atoms with Gasteiger partial charge in [-0.3, -0.25) is 0 Å². The first-order valence-electron chi connectivity index (χ1n) is 9.05. The maximum Gasteiger partial charge on any atom is 0.199 e. The lowest BCUT2D eigenvalue weighted by Crippen LogP contribution is -2.37. The van der Waals surface area contributed by atoms with Gasteiger partial charge in [0.15, 0.2) is 11.8 Å². The molecule has 3 rings (SSSR count). The molecule has 1 aliphatic carbocycles. The first-order chi connectivity index (χ1) is 10.6. The molecule has 0 aromatic heterocycles. The maximum absolute atomic E-state index is 6.10. The van der Waals surface area contributed by atoms with Crippen LogP contribution < -0.4 is 0 Å². The summed E-state index contributed by atoms with van der Waals surface area (Å²) in [5.41, 5.74) is 0.0711. The third kappa shape index (κ3) is 3.01. The highest BCUT2D eigenvalue weighted by atomic mass is 16.5. The highest BCUT2D eigenvalue weighted by molar-refractivity contribution is 6.06. The molecule has 2 heterocycles. The molecule has 4 nitrogen and oxygen atoms in total. The minimum atomic E-state index is -0.194. The van der Waals surface area contributed by atoms with Crippen LogP contribution in [-0.4, -0.2) is 37.1 Å². The van der Waals surface area contributed by atoms with Crippen LogP contribution in [0.1, 0.15) is 67.2 Å². The molecule has 2 aliphatic heterocycles. The standard InChI is InChI=1S/C19H32N2O2/c1-17(2,3)13-11-22-15(20-13)19(9-7-8-10-19)16-21-14(12-23-16)18(4,5)6/h13-14H,7-12H2,1-6H3/t13-,14-/m0/s1. The molecule has 2 atom stereocenters. The van der Waals surface area contributed by atoms with Crippen molar-refractivity contribution in [3.63, 3.8) is 0 Å². The molecule has 0 aromatic rings. The molecule has 0 spiro atoms. The molecule has 0 radical (unpaired) electrons. The normalized spacial score (nSPS) is 30.7. The molecule has 0 amide bonds. The second-order valence-corrected chi connectivity index (χ2v) is 9.54. The maximum atomic E-state index is 6.10. The van der Waals surface area contributed by atoms with Gasteiger partial charge in [-0.25, -0.2) is 9.98 Å². The van der Waals surface area contributed by atoms with Crippen molar-refractivity contribution in [2.45, 2.75) is 79.3 Å². The van der Waals surface area contributed by atoms with E-state index in [4.69, 9.17) is 19.5 Å². The lowest BCUT2D eigenvalue weighted by atomic mass is 9.84. The van der Waals surface area contributed by atoms with Crippen LogP contribution in [0.15, 0.2) is 9.98 Å². The van der Waals surface area contributed by atoms with E-state index in [9.17, 15) is 0 Å². The second kappa shape index (κ2) is 5.49. The van der Waals surface area contributed by atoms with Gasteiger partial charge >= 0.3 is 0 Å². The average Bonchev–Trinajstić information content (AvgIpc) is 3.17. The van der Waals surface area contributed by atoms with Crippen molar-refractivity contribution in [2.75, 3.05) is 13.2 Å². The molecule has 23 heavy (non-hydrogen) atoms. The summed E-state index contributed by atoms with van der Waals surface area (Å²) in [6.45, 7) is 14.8. The number of hydrogen-bond acceptors (Lipinski definition) is 4. The molecular weight excluding hydrogens is 288 g/mol. The van der Waals surface area contributed by atoms with Crippen molar-refractivity contribution >= 4 is 11.8 Å². The van der Waals surface area contributed by atoms with E-state index in [1.165, 1.54) is 12.8 Å². The van der Waals surface area contributed by atoms with Gasteiger partial charge in [0.1, 0.15) is 18.6 Å². The van der Waals surface area contributed by atoms with Gasteiger partial charge in [0.2, 0.25) is 0 Å². The largest absolute Gasteiger partial charge is 0.478 e. The molecule has 1 fully saturated rings. The molecular formula is C19H32N2O2. The fourth-order valence-corrected chi connectivity index (χ4v) is 3.66. The van der Waals surface area contributed by atoms with E-state index in [0.717, 1.165) is 24.6 Å². The van der Waals surface area contributed by atoms with Crippen molar-refractivity contribution < 1.29 is 9.47 Å². The fraction of sp³-hybridized carbons (Fsp3) is 0.895. The van der Waals surface area contributed by atoms with E-state index < -0.39 is 0 Å². The van der Waals surface area contributed by atoms with Crippen LogP contribution in [0.3, 0.4) is 0 Å². The number of hydrogen-bond donors (Lipinski definition) is 0. The Hall–Kier alpha value is -1.06. The van der Waals surface area contributed by atoms with Gasteiger partial charge in [0, 0.05) is 0 Å². The van der Waals surface area contributed by atoms with Gasteiger partial charge in [-0.05, 0) is 23.7 Å². The summed E-state index contributed by atoms with van der Waals surface area (Å²) in [4.78, 5) is 9.96. The van der Waals surface area contributed by atoms with Gasteiger partial charge < -0.3 is 9.47 Å². The predicted molar refractivity (Wildman–Crippen MR) is 94.2 cm³/mol. The number of ether oxygens (including phenoxy) is 2. The molecule has 130 valence electrons. The van der Waals surface area contributed by atoms with Crippen molar-refractivity contribution in [3.05, 3.63) is 0 Å². The highest BCUT2D eigenvalue weighted by Gasteiger charge is 2.51. The van der Waals surface area contributed by atoms with E-state index in [0.29, 0.717) is 13.2 Å². The summed E-state index contributed by atoms with van der Waals surface area (Å²) in [6.07, 6.45) is 4.51. The van der Waals surface area contributed by atoms with E-state index in [1.807, 2.05) is 0 Å². The number of nitrogens with zero attached hydrogens (tertiary/aromatic N) is 2. The van der Waals surface area contributed by atoms with Gasteiger partial charge in [0.05, 0.1) is 12.1 Å². The van der Waals surface area contributed by atoms with Crippen LogP contribution in [0.4, 0.5) is 0 Å². The van der Waals surface area contributed by atoms with Crippen molar-refractivity contribution in [1.82, 2.24) is 0 Å². The minimum Gasteiger partial charge on any atom is -0.478 e. The van der Waals surface area contributed by atoms with Crippen LogP contribution in [0.25, 0.3) is 0 Å². The van der Waals surface area contributed by atoms with E-state index in [1.54, 1.807) is 0 Å². The Kier molecular flexibility index (Phi) is 4.01. The van der Waals surface area contributed by atoms with Crippen LogP contribution in [0.2, 0.25) is 0 Å². The SMILES string of the molecule is CC(C)(C)[C@@H]1COC(C2(C3=N[C@H](C(C)(C)C)CO3)CCCC2)=N1. The summed E-state index contributed by atoms with van der Waals surface area (Å²) in [7, 11) is 0. The Morgan fingerprint density at radius 1 is 0.783 bits per heavy atom. The Bertz CT molecular complexity index is 474. The zero-order valence-electron chi connectivity index (χ0n) is 15.6. The summed E-state index contributed by atoms with van der Waals surface area (Å²) in [5.74, 6) is 1.78. The van der Waals surface area contributed by atoms with E-state index in [2.05, 4.69) is 41.5 Å². The number of aliphatic imine (C=N–C) groups is 2. The summed E-state index contributed by atoms with van der Waals surface area (Å²) >= 11 is 0. The van der Waals surface area contributed by atoms with E-state index >= 15 is 0 Å². The summed E-state index contributed by atoms with van der Waals surface area (Å²) in [6, 6.07) is 0.464.